The minimum Gasteiger partial charge on any atom is -0.481 e. The molecule has 0 radical (unpaired) electrons. The third-order valence-corrected chi connectivity index (χ3v) is 10.1. The topological polar surface area (TPSA) is 138 Å². The zero-order valence-electron chi connectivity index (χ0n) is 21.8. The third-order valence-electron chi connectivity index (χ3n) is 10.1. The predicted octanol–water partition coefficient (Wildman–Crippen LogP) is 3.22. The van der Waals surface area contributed by atoms with Crippen LogP contribution in [0.5, 0.6) is 0 Å². The Balaban J connectivity index is 1.49. The second-order valence-electron chi connectivity index (χ2n) is 13.0. The number of carbonyl (C=O) groups is 4. The van der Waals surface area contributed by atoms with Crippen molar-refractivity contribution in [3.05, 3.63) is 11.6 Å². The molecule has 0 saturated heterocycles. The van der Waals surface area contributed by atoms with Crippen LogP contribution in [-0.4, -0.2) is 57.1 Å². The first-order valence-corrected chi connectivity index (χ1v) is 13.2. The van der Waals surface area contributed by atoms with Gasteiger partial charge in [0.1, 0.15) is 5.60 Å². The number of Topliss-reactive ketones (excluding diaryl/α,β-unsaturated/α-hetero) is 1. The highest BCUT2D eigenvalue weighted by Gasteiger charge is 2.68. The maximum absolute atomic E-state index is 13.3. The van der Waals surface area contributed by atoms with E-state index >= 15 is 0 Å². The van der Waals surface area contributed by atoms with E-state index in [1.807, 2.05) is 6.92 Å². The number of aliphatic carboxylic acids is 1. The van der Waals surface area contributed by atoms with E-state index in [4.69, 9.17) is 9.84 Å². The predicted molar refractivity (Wildman–Crippen MR) is 130 cm³/mol. The van der Waals surface area contributed by atoms with Crippen LogP contribution >= 0.6 is 0 Å². The van der Waals surface area contributed by atoms with Crippen LogP contribution in [0.3, 0.4) is 0 Å². The lowest BCUT2D eigenvalue weighted by Crippen LogP contribution is -2.62. The lowest BCUT2D eigenvalue weighted by molar-refractivity contribution is -0.184. The molecule has 4 rings (SSSR count). The number of rotatable bonds is 7. The van der Waals surface area contributed by atoms with E-state index in [-0.39, 0.29) is 54.6 Å². The van der Waals surface area contributed by atoms with Gasteiger partial charge in [-0.05, 0) is 73.2 Å². The first-order valence-electron chi connectivity index (χ1n) is 13.2. The van der Waals surface area contributed by atoms with Gasteiger partial charge < -0.3 is 20.1 Å². The fourth-order valence-corrected chi connectivity index (χ4v) is 8.33. The minimum atomic E-state index is -1.71. The van der Waals surface area contributed by atoms with Gasteiger partial charge >= 0.3 is 11.9 Å². The van der Waals surface area contributed by atoms with Crippen molar-refractivity contribution in [3.63, 3.8) is 0 Å². The first-order chi connectivity index (χ1) is 16.6. The molecule has 3 fully saturated rings. The maximum Gasteiger partial charge on any atom is 0.306 e. The van der Waals surface area contributed by atoms with Crippen LogP contribution in [0.4, 0.5) is 0 Å². The summed E-state index contributed by atoms with van der Waals surface area (Å²) < 4.78 is 5.21. The quantitative estimate of drug-likeness (QED) is 0.449. The summed E-state index contributed by atoms with van der Waals surface area (Å²) in [5, 5.41) is 32.2. The van der Waals surface area contributed by atoms with Gasteiger partial charge in [-0.25, -0.2) is 0 Å². The Bertz CT molecular complexity index is 998. The van der Waals surface area contributed by atoms with Crippen molar-refractivity contribution in [2.75, 3.05) is 6.61 Å². The normalized spacial score (nSPS) is 39.9. The number of carboxylic acids is 1. The Hall–Kier alpha value is -2.06. The number of ketones is 2. The first kappa shape index (κ1) is 27.0. The number of aliphatic hydroxyl groups is 2. The highest BCUT2D eigenvalue weighted by atomic mass is 16.5. The fraction of sp³-hybridized carbons (Fsp3) is 0.786. The van der Waals surface area contributed by atoms with E-state index in [1.54, 1.807) is 19.9 Å². The van der Waals surface area contributed by atoms with Crippen molar-refractivity contribution >= 4 is 23.5 Å². The van der Waals surface area contributed by atoms with Gasteiger partial charge in [0.25, 0.3) is 0 Å². The molecule has 3 N–H and O–H groups in total. The monoisotopic (exact) mass is 504 g/mol. The summed E-state index contributed by atoms with van der Waals surface area (Å²) in [5.41, 5.74) is -2.49. The maximum atomic E-state index is 13.3. The number of hydrogen-bond donors (Lipinski definition) is 3. The molecule has 0 aromatic rings. The van der Waals surface area contributed by atoms with Gasteiger partial charge in [0, 0.05) is 11.8 Å². The Morgan fingerprint density at radius 3 is 2.47 bits per heavy atom. The van der Waals surface area contributed by atoms with Crippen molar-refractivity contribution in [2.45, 2.75) is 97.2 Å². The zero-order valence-corrected chi connectivity index (χ0v) is 21.8. The molecule has 0 spiro atoms. The largest absolute Gasteiger partial charge is 0.481 e. The molecule has 0 amide bonds. The molecule has 7 atom stereocenters. The van der Waals surface area contributed by atoms with E-state index in [0.717, 1.165) is 24.8 Å². The number of fused-ring (bicyclic) bond motifs is 5. The molecule has 0 aromatic heterocycles. The highest BCUT2D eigenvalue weighted by Crippen LogP contribution is 2.67. The molecule has 3 saturated carbocycles. The molecule has 8 heteroatoms. The Kier molecular flexibility index (Phi) is 6.78. The number of carbonyl (C=O) groups excluding carboxylic acids is 3. The van der Waals surface area contributed by atoms with E-state index in [9.17, 15) is 29.4 Å². The number of esters is 1. The number of aliphatic hydroxyl groups excluding tert-OH is 1. The van der Waals surface area contributed by atoms with Crippen molar-refractivity contribution in [1.82, 2.24) is 0 Å². The van der Waals surface area contributed by atoms with Crippen LogP contribution in [-0.2, 0) is 23.9 Å². The molecule has 0 bridgehead atoms. The van der Waals surface area contributed by atoms with Gasteiger partial charge in [-0.1, -0.05) is 33.3 Å². The summed E-state index contributed by atoms with van der Waals surface area (Å²) in [6, 6.07) is 0. The summed E-state index contributed by atoms with van der Waals surface area (Å²) >= 11 is 0. The molecular weight excluding hydrogens is 464 g/mol. The Labute approximate surface area is 212 Å². The average Bonchev–Trinajstić information content (AvgIpc) is 3.02. The van der Waals surface area contributed by atoms with Gasteiger partial charge in [0.05, 0.1) is 18.9 Å². The minimum absolute atomic E-state index is 0.0181. The van der Waals surface area contributed by atoms with E-state index in [0.29, 0.717) is 12.8 Å². The van der Waals surface area contributed by atoms with Crippen molar-refractivity contribution in [2.24, 2.45) is 34.0 Å². The van der Waals surface area contributed by atoms with Crippen LogP contribution in [0.2, 0.25) is 0 Å². The number of allylic oxidation sites excluding steroid dienone is 1. The van der Waals surface area contributed by atoms with E-state index in [2.05, 4.69) is 6.92 Å². The lowest BCUT2D eigenvalue weighted by atomic mass is 9.45. The average molecular weight is 505 g/mol. The van der Waals surface area contributed by atoms with Crippen molar-refractivity contribution in [3.8, 4) is 0 Å². The molecule has 4 aliphatic rings. The molecule has 36 heavy (non-hydrogen) atoms. The van der Waals surface area contributed by atoms with Crippen LogP contribution in [0.1, 0.15) is 85.5 Å². The molecule has 8 nitrogen and oxygen atoms in total. The third kappa shape index (κ3) is 4.34. The Morgan fingerprint density at radius 1 is 1.11 bits per heavy atom. The lowest BCUT2D eigenvalue weighted by Gasteiger charge is -2.60. The molecule has 200 valence electrons. The van der Waals surface area contributed by atoms with Gasteiger partial charge in [-0.15, -0.1) is 0 Å². The van der Waals surface area contributed by atoms with Gasteiger partial charge in [-0.2, -0.15) is 0 Å². The van der Waals surface area contributed by atoms with Gasteiger partial charge in [0.15, 0.2) is 12.4 Å². The number of ether oxygens (including phenoxy) is 1. The molecule has 0 aliphatic heterocycles. The van der Waals surface area contributed by atoms with Crippen LogP contribution in [0, 0.1) is 34.0 Å². The van der Waals surface area contributed by atoms with Crippen molar-refractivity contribution in [1.29, 1.82) is 0 Å². The van der Waals surface area contributed by atoms with Crippen LogP contribution in [0.15, 0.2) is 11.6 Å². The summed E-state index contributed by atoms with van der Waals surface area (Å²) in [5.74, 6) is -1.94. The molecule has 4 aliphatic carbocycles. The van der Waals surface area contributed by atoms with Crippen molar-refractivity contribution < 1.29 is 39.2 Å². The second-order valence-corrected chi connectivity index (χ2v) is 13.0. The number of hydrogen-bond acceptors (Lipinski definition) is 7. The highest BCUT2D eigenvalue weighted by molar-refractivity contribution is 5.92. The molecule has 0 heterocycles. The Morgan fingerprint density at radius 2 is 1.81 bits per heavy atom. The summed E-state index contributed by atoms with van der Waals surface area (Å²) in [4.78, 5) is 48.7. The molecule has 0 aromatic carbocycles. The second kappa shape index (κ2) is 9.05. The SMILES string of the molecule is CC(C)(CC(=O)O)CC(=O)OCC(=O)[C@@]1(O)CC[C@H]2[C@@H]3CCC4=CC(=O)CC[C@]4(C)[C@H]3[C@H](O)C[C@@]21C. The molecular formula is C28H40O8. The zero-order chi connectivity index (χ0) is 26.7. The standard InChI is InChI=1S/C28H40O8/c1-25(2,13-22(32)33)14-23(34)36-15-21(31)28(35)10-8-19-18-6-5-16-11-17(29)7-9-26(16,3)24(18)20(30)12-27(19,28)4/h11,18-20,24,30,35H,5-10,12-15H2,1-4H3,(H,32,33)/t18-,19-,20+,24+,26-,27-,28-/m0/s1. The summed E-state index contributed by atoms with van der Waals surface area (Å²) in [6.45, 7) is 6.77. The van der Waals surface area contributed by atoms with E-state index < -0.39 is 46.9 Å². The van der Waals surface area contributed by atoms with Gasteiger partial charge in [0.2, 0.25) is 5.78 Å². The van der Waals surface area contributed by atoms with Crippen LogP contribution < -0.4 is 0 Å². The molecule has 0 unspecified atom stereocenters. The fourth-order valence-electron chi connectivity index (χ4n) is 8.33. The van der Waals surface area contributed by atoms with E-state index in [1.165, 1.54) is 0 Å². The summed E-state index contributed by atoms with van der Waals surface area (Å²) in [6.07, 6.45) is 4.70. The smallest absolute Gasteiger partial charge is 0.306 e. The number of carboxylic acid groups (broad SMARTS) is 1. The summed E-state index contributed by atoms with van der Waals surface area (Å²) in [7, 11) is 0. The van der Waals surface area contributed by atoms with Gasteiger partial charge in [-0.3, -0.25) is 19.2 Å². The van der Waals surface area contributed by atoms with Crippen LogP contribution in [0.25, 0.3) is 0 Å².